The minimum atomic E-state index is -0.234. The van der Waals surface area contributed by atoms with Crippen LogP contribution in [0.5, 0.6) is 0 Å². The first-order chi connectivity index (χ1) is 30.2. The molecule has 0 atom stereocenters. The molecule has 8 aromatic rings. The van der Waals surface area contributed by atoms with Gasteiger partial charge >= 0.3 is 0 Å². The van der Waals surface area contributed by atoms with E-state index < -0.39 is 0 Å². The largest absolute Gasteiger partial charge is 0.311 e. The van der Waals surface area contributed by atoms with Crippen molar-refractivity contribution in [1.29, 1.82) is 0 Å². The van der Waals surface area contributed by atoms with E-state index in [-0.39, 0.29) is 10.8 Å². The van der Waals surface area contributed by atoms with Gasteiger partial charge in [0.2, 0.25) is 0 Å². The summed E-state index contributed by atoms with van der Waals surface area (Å²) in [5.74, 6) is 0. The van der Waals surface area contributed by atoms with Crippen molar-refractivity contribution in [2.24, 2.45) is 0 Å². The fourth-order valence-electron chi connectivity index (χ4n) is 10.0. The Labute approximate surface area is 367 Å². The molecule has 2 aliphatic rings. The van der Waals surface area contributed by atoms with Gasteiger partial charge in [0.15, 0.2) is 0 Å². The van der Waals surface area contributed by atoms with Crippen molar-refractivity contribution < 1.29 is 0 Å². The molecule has 2 heteroatoms. The third kappa shape index (κ3) is 6.34. The lowest BCUT2D eigenvalue weighted by Gasteiger charge is -2.27. The Bertz CT molecular complexity index is 2970. The Morgan fingerprint density at radius 3 is 1.50 bits per heavy atom. The van der Waals surface area contributed by atoms with Gasteiger partial charge in [-0.1, -0.05) is 150 Å². The molecule has 8 aromatic carbocycles. The molecular weight excluding hydrogens is 749 g/mol. The zero-order valence-corrected chi connectivity index (χ0v) is 35.9. The molecule has 10 rings (SSSR count). The highest BCUT2D eigenvalue weighted by Crippen LogP contribution is 2.58. The van der Waals surface area contributed by atoms with Gasteiger partial charge in [0, 0.05) is 45.0 Å². The Morgan fingerprint density at radius 2 is 0.887 bits per heavy atom. The second kappa shape index (κ2) is 15.2. The number of allylic oxidation sites excluding steroid dienone is 3. The number of rotatable bonds is 10. The molecule has 0 heterocycles. The Kier molecular flexibility index (Phi) is 9.53. The molecule has 0 fully saturated rings. The van der Waals surface area contributed by atoms with Crippen LogP contribution in [0.15, 0.2) is 225 Å². The molecule has 0 saturated heterocycles. The number of hydrogen-bond donors (Lipinski definition) is 0. The van der Waals surface area contributed by atoms with Crippen molar-refractivity contribution in [3.63, 3.8) is 0 Å². The second-order valence-corrected chi connectivity index (χ2v) is 17.5. The standard InChI is InChI=1S/C60H50N2/c1-7-20-44(8-2)61(45-21-12-9-13-22-45)48-35-31-42(32-36-48)51-37-43(41-29-33-49(34-30-41)62(46-23-14-10-15-24-46)47-25-16-11-17-26-47)38-57-58(51)53-40-55-52(39-56(53)60(57,5)6)50-27-18-19-28-54(50)59(55,3)4/h7-40H,1-2H2,3-6H3/b44-20+. The van der Waals surface area contributed by atoms with Crippen LogP contribution in [-0.4, -0.2) is 0 Å². The van der Waals surface area contributed by atoms with Crippen molar-refractivity contribution in [2.75, 3.05) is 9.80 Å². The fraction of sp³-hybridized carbons (Fsp3) is 0.100. The topological polar surface area (TPSA) is 6.48 Å². The number of fused-ring (bicyclic) bond motifs is 6. The van der Waals surface area contributed by atoms with Gasteiger partial charge in [-0.2, -0.15) is 0 Å². The molecule has 0 saturated carbocycles. The summed E-state index contributed by atoms with van der Waals surface area (Å²) >= 11 is 0. The molecule has 0 spiro atoms. The first-order valence-corrected chi connectivity index (χ1v) is 21.6. The van der Waals surface area contributed by atoms with E-state index in [1.165, 1.54) is 66.8 Å². The molecule has 0 amide bonds. The Hall–Kier alpha value is -7.42. The van der Waals surface area contributed by atoms with Crippen LogP contribution in [-0.2, 0) is 10.8 Å². The molecule has 0 radical (unpaired) electrons. The van der Waals surface area contributed by atoms with Crippen molar-refractivity contribution in [3.8, 4) is 44.5 Å². The van der Waals surface area contributed by atoms with Crippen LogP contribution in [0.1, 0.15) is 49.9 Å². The molecule has 62 heavy (non-hydrogen) atoms. The van der Waals surface area contributed by atoms with E-state index in [0.717, 1.165) is 34.1 Å². The first-order valence-electron chi connectivity index (χ1n) is 21.6. The van der Waals surface area contributed by atoms with Crippen LogP contribution in [0.4, 0.5) is 28.4 Å². The highest BCUT2D eigenvalue weighted by atomic mass is 15.1. The summed E-state index contributed by atoms with van der Waals surface area (Å²) in [6, 6.07) is 68.7. The van der Waals surface area contributed by atoms with Crippen LogP contribution in [0.3, 0.4) is 0 Å². The predicted octanol–water partition coefficient (Wildman–Crippen LogP) is 16.5. The van der Waals surface area contributed by atoms with E-state index >= 15 is 0 Å². The van der Waals surface area contributed by atoms with E-state index in [9.17, 15) is 0 Å². The lowest BCUT2D eigenvalue weighted by Crippen LogP contribution is -2.17. The zero-order valence-electron chi connectivity index (χ0n) is 35.9. The van der Waals surface area contributed by atoms with Crippen LogP contribution < -0.4 is 9.80 Å². The van der Waals surface area contributed by atoms with Gasteiger partial charge in [0.05, 0.1) is 0 Å². The van der Waals surface area contributed by atoms with Crippen LogP contribution in [0, 0.1) is 0 Å². The van der Waals surface area contributed by atoms with Gasteiger partial charge in [0.25, 0.3) is 0 Å². The normalized spacial score (nSPS) is 14.0. The Morgan fingerprint density at radius 1 is 0.403 bits per heavy atom. The van der Waals surface area contributed by atoms with Crippen LogP contribution >= 0.6 is 0 Å². The summed E-state index contributed by atoms with van der Waals surface area (Å²) in [6.45, 7) is 17.7. The SMILES string of the molecule is C=C/C=C(\C=C)N(c1ccccc1)c1ccc(-c2cc(-c3ccc(N(c4ccccc4)c4ccccc4)cc3)cc3c2-c2cc4c(cc2C3(C)C)-c2ccccc2C4(C)C)cc1. The number of para-hydroxylation sites is 3. The van der Waals surface area contributed by atoms with Gasteiger partial charge in [0.1, 0.15) is 0 Å². The van der Waals surface area contributed by atoms with Gasteiger partial charge in [-0.15, -0.1) is 0 Å². The molecule has 0 N–H and O–H groups in total. The summed E-state index contributed by atoms with van der Waals surface area (Å²) in [5, 5.41) is 0. The maximum Gasteiger partial charge on any atom is 0.0462 e. The third-order valence-electron chi connectivity index (χ3n) is 13.2. The van der Waals surface area contributed by atoms with Gasteiger partial charge in [-0.25, -0.2) is 0 Å². The van der Waals surface area contributed by atoms with Crippen LogP contribution in [0.25, 0.3) is 44.5 Å². The average molecular weight is 799 g/mol. The minimum absolute atomic E-state index is 0.104. The number of anilines is 5. The molecule has 0 unspecified atom stereocenters. The van der Waals surface area contributed by atoms with E-state index in [4.69, 9.17) is 0 Å². The van der Waals surface area contributed by atoms with Crippen molar-refractivity contribution in [3.05, 3.63) is 247 Å². The van der Waals surface area contributed by atoms with Crippen molar-refractivity contribution >= 4 is 28.4 Å². The summed E-state index contributed by atoms with van der Waals surface area (Å²) < 4.78 is 0. The molecule has 2 nitrogen and oxygen atoms in total. The summed E-state index contributed by atoms with van der Waals surface area (Å²) in [7, 11) is 0. The van der Waals surface area contributed by atoms with E-state index in [0.29, 0.717) is 0 Å². The van der Waals surface area contributed by atoms with Gasteiger partial charge in [-0.3, -0.25) is 0 Å². The maximum absolute atomic E-state index is 4.16. The minimum Gasteiger partial charge on any atom is -0.311 e. The van der Waals surface area contributed by atoms with E-state index in [2.05, 4.69) is 233 Å². The lowest BCUT2D eigenvalue weighted by molar-refractivity contribution is 0.652. The highest BCUT2D eigenvalue weighted by Gasteiger charge is 2.42. The molecule has 0 aliphatic heterocycles. The smallest absolute Gasteiger partial charge is 0.0462 e. The number of hydrogen-bond acceptors (Lipinski definition) is 2. The second-order valence-electron chi connectivity index (χ2n) is 17.5. The lowest BCUT2D eigenvalue weighted by atomic mass is 9.79. The molecular formula is C60H50N2. The molecule has 0 bridgehead atoms. The predicted molar refractivity (Wildman–Crippen MR) is 264 cm³/mol. The van der Waals surface area contributed by atoms with E-state index in [1.54, 1.807) is 0 Å². The fourth-order valence-corrected chi connectivity index (χ4v) is 10.0. The third-order valence-corrected chi connectivity index (χ3v) is 13.2. The highest BCUT2D eigenvalue weighted by molar-refractivity contribution is 5.98. The van der Waals surface area contributed by atoms with Crippen LogP contribution in [0.2, 0.25) is 0 Å². The van der Waals surface area contributed by atoms with Gasteiger partial charge < -0.3 is 9.80 Å². The molecule has 300 valence electrons. The summed E-state index contributed by atoms with van der Waals surface area (Å²) in [4.78, 5) is 4.55. The van der Waals surface area contributed by atoms with E-state index in [1.807, 2.05) is 24.3 Å². The molecule has 0 aromatic heterocycles. The summed E-state index contributed by atoms with van der Waals surface area (Å²) in [5.41, 5.74) is 21.8. The average Bonchev–Trinajstić information content (AvgIpc) is 3.68. The van der Waals surface area contributed by atoms with Crippen molar-refractivity contribution in [1.82, 2.24) is 0 Å². The molecule has 2 aliphatic carbocycles. The maximum atomic E-state index is 4.16. The summed E-state index contributed by atoms with van der Waals surface area (Å²) in [6.07, 6.45) is 5.71. The monoisotopic (exact) mass is 798 g/mol. The quantitative estimate of drug-likeness (QED) is 0.127. The van der Waals surface area contributed by atoms with Gasteiger partial charge in [-0.05, 0) is 164 Å². The number of nitrogens with zero attached hydrogens (tertiary/aromatic N) is 2. The first kappa shape index (κ1) is 38.8. The Balaban J connectivity index is 1.14. The zero-order chi connectivity index (χ0) is 42.6. The van der Waals surface area contributed by atoms with Crippen molar-refractivity contribution in [2.45, 2.75) is 38.5 Å². The number of benzene rings is 8.